The Morgan fingerprint density at radius 3 is 1.63 bits per heavy atom. The summed E-state index contributed by atoms with van der Waals surface area (Å²) < 4.78 is 239. The van der Waals surface area contributed by atoms with Crippen LogP contribution in [0, 0.1) is 0 Å². The molecule has 0 bridgehead atoms. The minimum Gasteiger partial charge on any atom is -0.456 e. The van der Waals surface area contributed by atoms with E-state index in [9.17, 15) is 13.7 Å². The monoisotopic (exact) mass is 572 g/mol. The third kappa shape index (κ3) is 3.72. The summed E-state index contributed by atoms with van der Waals surface area (Å²) >= 11 is 0. The Morgan fingerprint density at radius 1 is 0.349 bits per heavy atom. The molecule has 0 radical (unpaired) electrons. The van der Waals surface area contributed by atoms with Gasteiger partial charge in [0.15, 0.2) is 0 Å². The molecule has 1 heteroatoms. The van der Waals surface area contributed by atoms with Gasteiger partial charge in [0.1, 0.15) is 11.2 Å². The summed E-state index contributed by atoms with van der Waals surface area (Å²) in [6, 6.07) is -24.1. The fourth-order valence-electron chi connectivity index (χ4n) is 5.15. The maximum absolute atomic E-state index is 9.65. The van der Waals surface area contributed by atoms with Crippen molar-refractivity contribution < 1.29 is 40.1 Å². The van der Waals surface area contributed by atoms with Crippen LogP contribution in [0.3, 0.4) is 0 Å². The van der Waals surface area contributed by atoms with Crippen molar-refractivity contribution in [3.05, 3.63) is 157 Å². The lowest BCUT2D eigenvalue weighted by atomic mass is 9.83. The van der Waals surface area contributed by atoms with Crippen molar-refractivity contribution >= 4 is 54.3 Å². The largest absolute Gasteiger partial charge is 0.456 e. The van der Waals surface area contributed by atoms with Crippen LogP contribution in [0.25, 0.3) is 87.6 Å². The molecule has 9 rings (SSSR count). The average Bonchev–Trinajstić information content (AvgIpc) is 3.73. The molecule has 0 saturated carbocycles. The van der Waals surface area contributed by atoms with Crippen molar-refractivity contribution in [3.63, 3.8) is 0 Å². The molecule has 9 aromatic rings. The van der Waals surface area contributed by atoms with E-state index in [1.54, 1.807) is 0 Å². The Balaban J connectivity index is 1.64. The first-order valence-corrected chi connectivity index (χ1v) is 12.7. The molecule has 0 saturated heterocycles. The van der Waals surface area contributed by atoms with E-state index in [-0.39, 0.29) is 0 Å². The van der Waals surface area contributed by atoms with Gasteiger partial charge in [-0.15, -0.1) is 0 Å². The Kier molecular flexibility index (Phi) is 2.13. The predicted molar refractivity (Wildman–Crippen MR) is 183 cm³/mol. The molecule has 0 N–H and O–H groups in total. The lowest BCUT2D eigenvalue weighted by Crippen LogP contribution is -1.92. The van der Waals surface area contributed by atoms with Gasteiger partial charge in [0.2, 0.25) is 0 Å². The summed E-state index contributed by atoms with van der Waals surface area (Å²) in [5.41, 5.74) is -5.87. The number of furan rings is 1. The van der Waals surface area contributed by atoms with Gasteiger partial charge in [-0.2, -0.15) is 0 Å². The highest BCUT2D eigenvalue weighted by Gasteiger charge is 2.19. The van der Waals surface area contributed by atoms with Crippen molar-refractivity contribution in [2.75, 3.05) is 0 Å². The maximum Gasteiger partial charge on any atom is 0.135 e. The molecule has 200 valence electrons. The van der Waals surface area contributed by atoms with Gasteiger partial charge in [0, 0.05) is 10.8 Å². The summed E-state index contributed by atoms with van der Waals surface area (Å²) in [6.07, 6.45) is 0. The van der Waals surface area contributed by atoms with Crippen LogP contribution in [0.5, 0.6) is 0 Å². The second kappa shape index (κ2) is 9.44. The lowest BCUT2D eigenvalue weighted by Gasteiger charge is -2.20. The van der Waals surface area contributed by atoms with E-state index in [0.717, 1.165) is 0 Å². The zero-order valence-corrected chi connectivity index (χ0v) is 21.4. The smallest absolute Gasteiger partial charge is 0.135 e. The van der Waals surface area contributed by atoms with Gasteiger partial charge >= 0.3 is 0 Å². The van der Waals surface area contributed by atoms with E-state index in [1.165, 1.54) is 0 Å². The van der Waals surface area contributed by atoms with Crippen LogP contribution in [-0.4, -0.2) is 0 Å². The minimum absolute atomic E-state index is 0.430. The van der Waals surface area contributed by atoms with Crippen molar-refractivity contribution in [1.29, 1.82) is 0 Å². The van der Waals surface area contributed by atoms with E-state index < -0.39 is 245 Å². The molecule has 0 aliphatic carbocycles. The van der Waals surface area contributed by atoms with E-state index in [1.807, 2.05) is 0 Å². The molecule has 1 aromatic heterocycles. The molecule has 0 aliphatic heterocycles. The molecular weight excluding hydrogens is 520 g/mol. The van der Waals surface area contributed by atoms with Crippen LogP contribution in [0.15, 0.2) is 162 Å². The third-order valence-corrected chi connectivity index (χ3v) is 6.95. The summed E-state index contributed by atoms with van der Waals surface area (Å²) in [7, 11) is 0. The molecule has 1 heterocycles. The molecule has 0 aliphatic rings. The molecule has 43 heavy (non-hydrogen) atoms. The molecule has 0 fully saturated rings. The highest BCUT2D eigenvalue weighted by atomic mass is 16.3. The first-order chi connectivity index (χ1) is 32.2. The first-order valence-electron chi connectivity index (χ1n) is 25.7. The van der Waals surface area contributed by atoms with E-state index >= 15 is 0 Å². The van der Waals surface area contributed by atoms with Crippen molar-refractivity contribution in [2.45, 2.75) is 0 Å². The number of hydrogen-bond donors (Lipinski definition) is 0. The minimum atomic E-state index is -1.07. The summed E-state index contributed by atoms with van der Waals surface area (Å²) in [5.74, 6) is 0. The standard InChI is InChI=1S/C42H26O/c1-2-12-28-25-29(22-21-27(28)11-1)31-13-3-4-15-33(31)42-36-18-7-5-16-34(36)41(35-17-6-8-19-37(35)42)30-23-24-40-38(26-30)32-14-9-10-20-39(32)43-40/h1-26H/i1D,2D,3D,4D,5D,6D,7D,8D,9D,10D,11D,12D,13D,14D,15D,16D,17D,18D,19D,20D,21D,22D,23D,24D,25D,26D. The van der Waals surface area contributed by atoms with Crippen molar-refractivity contribution in [3.8, 4) is 33.4 Å². The van der Waals surface area contributed by atoms with Crippen LogP contribution < -0.4 is 0 Å². The van der Waals surface area contributed by atoms with Gasteiger partial charge in [-0.25, -0.2) is 0 Å². The van der Waals surface area contributed by atoms with Crippen LogP contribution in [-0.2, 0) is 0 Å². The Bertz CT molecular complexity index is 3890. The highest BCUT2D eigenvalue weighted by molar-refractivity contribution is 6.23. The van der Waals surface area contributed by atoms with Crippen LogP contribution >= 0.6 is 0 Å². The normalized spacial score (nSPS) is 20.2. The molecule has 8 aromatic carbocycles. The van der Waals surface area contributed by atoms with Crippen molar-refractivity contribution in [2.24, 2.45) is 0 Å². The number of fused-ring (bicyclic) bond motifs is 6. The van der Waals surface area contributed by atoms with Gasteiger partial charge < -0.3 is 4.42 Å². The number of rotatable bonds is 3. The molecule has 1 nitrogen and oxygen atoms in total. The molecule has 0 spiro atoms. The van der Waals surface area contributed by atoms with Crippen LogP contribution in [0.2, 0.25) is 0 Å². The predicted octanol–water partition coefficient (Wildman–Crippen LogP) is 12.0. The SMILES string of the molecule is [2H]c1c([2H])c([2H])c(-c2c3c([2H])c([2H])c([2H])c([2H])c3c(-c3c([2H])c([2H])c4oc5c([2H])c([2H])c([2H])c([2H])c5c4c3[2H])c3c([2H])c([2H])c([2H])c([2H])c23)c(-c2c([2H])c([2H])c3c([2H])c([2H])c([2H])c([2H])c3c2[2H])c1[2H]. The average molecular weight is 573 g/mol. The summed E-state index contributed by atoms with van der Waals surface area (Å²) in [6.45, 7) is 0. The van der Waals surface area contributed by atoms with Gasteiger partial charge in [-0.05, 0) is 89.9 Å². The molecular formula is C42H26O. The molecule has 0 unspecified atom stereocenters. The van der Waals surface area contributed by atoms with Gasteiger partial charge in [0.05, 0.1) is 35.6 Å². The van der Waals surface area contributed by atoms with Crippen LogP contribution in [0.1, 0.15) is 35.6 Å². The fraction of sp³-hybridized carbons (Fsp3) is 0. The number of benzene rings is 8. The summed E-state index contributed by atoms with van der Waals surface area (Å²) in [4.78, 5) is 0. The van der Waals surface area contributed by atoms with Gasteiger partial charge in [0.25, 0.3) is 0 Å². The Labute approximate surface area is 285 Å². The van der Waals surface area contributed by atoms with Crippen LogP contribution in [0.4, 0.5) is 0 Å². The van der Waals surface area contributed by atoms with E-state index in [0.29, 0.717) is 0 Å². The van der Waals surface area contributed by atoms with E-state index in [4.69, 9.17) is 26.3 Å². The Hall–Kier alpha value is -5.66. The fourth-order valence-corrected chi connectivity index (χ4v) is 5.15. The maximum atomic E-state index is 9.65. The second-order valence-electron chi connectivity index (χ2n) is 9.26. The second-order valence-corrected chi connectivity index (χ2v) is 9.26. The topological polar surface area (TPSA) is 13.1 Å². The number of para-hydroxylation sites is 1. The first kappa shape index (κ1) is 9.69. The number of hydrogen-bond acceptors (Lipinski definition) is 1. The van der Waals surface area contributed by atoms with Crippen molar-refractivity contribution in [1.82, 2.24) is 0 Å². The van der Waals surface area contributed by atoms with Gasteiger partial charge in [-0.3, -0.25) is 0 Å². The quantitative estimate of drug-likeness (QED) is 0.192. The molecule has 0 amide bonds. The molecule has 0 atom stereocenters. The summed E-state index contributed by atoms with van der Waals surface area (Å²) in [5, 5.41) is -5.16. The lowest BCUT2D eigenvalue weighted by molar-refractivity contribution is 0.669. The third-order valence-electron chi connectivity index (χ3n) is 6.95. The highest BCUT2D eigenvalue weighted by Crippen LogP contribution is 2.46. The Morgan fingerprint density at radius 2 is 0.884 bits per heavy atom. The zero-order chi connectivity index (χ0) is 51.0. The van der Waals surface area contributed by atoms with Gasteiger partial charge in [-0.1, -0.05) is 133 Å². The van der Waals surface area contributed by atoms with E-state index in [2.05, 4.69) is 0 Å². The zero-order valence-electron chi connectivity index (χ0n) is 47.4.